The Hall–Kier alpha value is -0.570. The topological polar surface area (TPSA) is 41.1 Å². The Morgan fingerprint density at radius 3 is 2.59 bits per heavy atom. The van der Waals surface area contributed by atoms with Crippen molar-refractivity contribution >= 4 is 5.91 Å². The van der Waals surface area contributed by atoms with Gasteiger partial charge in [0.15, 0.2) is 0 Å². The van der Waals surface area contributed by atoms with Crippen LogP contribution in [0.2, 0.25) is 0 Å². The van der Waals surface area contributed by atoms with Crippen LogP contribution in [0.5, 0.6) is 0 Å². The molecule has 3 nitrogen and oxygen atoms in total. The van der Waals surface area contributed by atoms with Gasteiger partial charge in [-0.1, -0.05) is 19.3 Å². The van der Waals surface area contributed by atoms with Crippen molar-refractivity contribution in [2.24, 2.45) is 11.8 Å². The molecule has 1 saturated heterocycles. The zero-order chi connectivity index (χ0) is 12.1. The average Bonchev–Trinajstić information content (AvgIpc) is 2.40. The summed E-state index contributed by atoms with van der Waals surface area (Å²) in [6.45, 7) is 4.12. The fourth-order valence-electron chi connectivity index (χ4n) is 3.17. The number of carbonyl (C=O) groups is 1. The lowest BCUT2D eigenvalue weighted by molar-refractivity contribution is -0.126. The van der Waals surface area contributed by atoms with Gasteiger partial charge in [0.05, 0.1) is 5.92 Å². The molecule has 2 N–H and O–H groups in total. The summed E-state index contributed by atoms with van der Waals surface area (Å²) < 4.78 is 0. The highest BCUT2D eigenvalue weighted by Crippen LogP contribution is 2.26. The van der Waals surface area contributed by atoms with E-state index in [9.17, 15) is 4.79 Å². The molecule has 0 aromatic rings. The number of carbonyl (C=O) groups excluding carboxylic acids is 1. The SMILES string of the molecule is C[C@@H](NC(=O)[C@@H]1CCCNC1)C1CCCCC1. The smallest absolute Gasteiger partial charge is 0.224 e. The fraction of sp³-hybridized carbons (Fsp3) is 0.929. The maximum atomic E-state index is 12.1. The summed E-state index contributed by atoms with van der Waals surface area (Å²) in [5.74, 6) is 1.19. The van der Waals surface area contributed by atoms with E-state index in [0.29, 0.717) is 12.0 Å². The van der Waals surface area contributed by atoms with E-state index in [2.05, 4.69) is 17.6 Å². The molecule has 3 heteroatoms. The van der Waals surface area contributed by atoms with E-state index in [-0.39, 0.29) is 11.8 Å². The van der Waals surface area contributed by atoms with E-state index >= 15 is 0 Å². The summed E-state index contributed by atoms with van der Waals surface area (Å²) in [6.07, 6.45) is 8.84. The van der Waals surface area contributed by atoms with Crippen molar-refractivity contribution in [2.75, 3.05) is 13.1 Å². The van der Waals surface area contributed by atoms with E-state index in [1.807, 2.05) is 0 Å². The summed E-state index contributed by atoms with van der Waals surface area (Å²) in [6, 6.07) is 0.365. The van der Waals surface area contributed by atoms with Crippen LogP contribution in [0.15, 0.2) is 0 Å². The molecule has 1 aliphatic heterocycles. The first-order valence-corrected chi connectivity index (χ1v) is 7.28. The highest BCUT2D eigenvalue weighted by Gasteiger charge is 2.25. The summed E-state index contributed by atoms with van der Waals surface area (Å²) in [5, 5.41) is 6.55. The zero-order valence-corrected chi connectivity index (χ0v) is 11.0. The first-order valence-electron chi connectivity index (χ1n) is 7.28. The number of hydrogen-bond acceptors (Lipinski definition) is 2. The quantitative estimate of drug-likeness (QED) is 0.790. The van der Waals surface area contributed by atoms with E-state index < -0.39 is 0 Å². The third-order valence-electron chi connectivity index (χ3n) is 4.39. The van der Waals surface area contributed by atoms with Gasteiger partial charge in [-0.3, -0.25) is 4.79 Å². The second-order valence-corrected chi connectivity index (χ2v) is 5.74. The van der Waals surface area contributed by atoms with Gasteiger partial charge in [-0.05, 0) is 45.1 Å². The third-order valence-corrected chi connectivity index (χ3v) is 4.39. The third kappa shape index (κ3) is 3.70. The highest BCUT2D eigenvalue weighted by molar-refractivity contribution is 5.79. The summed E-state index contributed by atoms with van der Waals surface area (Å²) in [4.78, 5) is 12.1. The highest BCUT2D eigenvalue weighted by atomic mass is 16.2. The van der Waals surface area contributed by atoms with Gasteiger partial charge in [0.25, 0.3) is 0 Å². The molecule has 2 atom stereocenters. The second-order valence-electron chi connectivity index (χ2n) is 5.74. The Labute approximate surface area is 105 Å². The summed E-state index contributed by atoms with van der Waals surface area (Å²) >= 11 is 0. The Morgan fingerprint density at radius 1 is 1.18 bits per heavy atom. The first kappa shape index (κ1) is 12.9. The van der Waals surface area contributed by atoms with Crippen LogP contribution in [0, 0.1) is 11.8 Å². The molecule has 0 aromatic carbocycles. The first-order chi connectivity index (χ1) is 8.27. The van der Waals surface area contributed by atoms with Gasteiger partial charge in [0.1, 0.15) is 0 Å². The van der Waals surface area contributed by atoms with Crippen LogP contribution in [0.4, 0.5) is 0 Å². The van der Waals surface area contributed by atoms with Crippen molar-refractivity contribution in [3.63, 3.8) is 0 Å². The Balaban J connectivity index is 1.76. The van der Waals surface area contributed by atoms with Gasteiger partial charge in [-0.2, -0.15) is 0 Å². The normalized spacial score (nSPS) is 28.6. The van der Waals surface area contributed by atoms with E-state index in [0.717, 1.165) is 25.9 Å². The molecule has 1 amide bonds. The Morgan fingerprint density at radius 2 is 1.94 bits per heavy atom. The Bertz CT molecular complexity index is 243. The van der Waals surface area contributed by atoms with Crippen molar-refractivity contribution in [1.82, 2.24) is 10.6 Å². The molecular formula is C14H26N2O. The number of nitrogens with one attached hydrogen (secondary N) is 2. The lowest BCUT2D eigenvalue weighted by atomic mass is 9.84. The van der Waals surface area contributed by atoms with Crippen molar-refractivity contribution in [1.29, 1.82) is 0 Å². The molecule has 17 heavy (non-hydrogen) atoms. The van der Waals surface area contributed by atoms with Crippen molar-refractivity contribution in [3.05, 3.63) is 0 Å². The molecule has 0 bridgehead atoms. The number of amides is 1. The average molecular weight is 238 g/mol. The number of hydrogen-bond donors (Lipinski definition) is 2. The van der Waals surface area contributed by atoms with Crippen LogP contribution >= 0.6 is 0 Å². The zero-order valence-electron chi connectivity index (χ0n) is 11.0. The number of rotatable bonds is 3. The molecule has 1 aliphatic carbocycles. The lowest BCUT2D eigenvalue weighted by Gasteiger charge is -2.30. The van der Waals surface area contributed by atoms with E-state index in [1.165, 1.54) is 32.1 Å². The molecule has 1 heterocycles. The van der Waals surface area contributed by atoms with Crippen molar-refractivity contribution in [3.8, 4) is 0 Å². The molecule has 1 saturated carbocycles. The molecular weight excluding hydrogens is 212 g/mol. The minimum atomic E-state index is 0.204. The number of piperidine rings is 1. The van der Waals surface area contributed by atoms with Gasteiger partial charge in [-0.25, -0.2) is 0 Å². The van der Waals surface area contributed by atoms with E-state index in [1.54, 1.807) is 0 Å². The molecule has 98 valence electrons. The monoisotopic (exact) mass is 238 g/mol. The predicted octanol–water partition coefficient (Wildman–Crippen LogP) is 2.07. The van der Waals surface area contributed by atoms with Crippen molar-refractivity contribution < 1.29 is 4.79 Å². The molecule has 2 rings (SSSR count). The molecule has 2 fully saturated rings. The standard InChI is InChI=1S/C14H26N2O/c1-11(12-6-3-2-4-7-12)16-14(17)13-8-5-9-15-10-13/h11-13,15H,2-10H2,1H3,(H,16,17)/t11-,13-/m1/s1. The predicted molar refractivity (Wildman–Crippen MR) is 69.8 cm³/mol. The van der Waals surface area contributed by atoms with Crippen LogP contribution < -0.4 is 10.6 Å². The molecule has 0 unspecified atom stereocenters. The van der Waals surface area contributed by atoms with Crippen LogP contribution in [0.1, 0.15) is 51.9 Å². The Kier molecular flexibility index (Phi) is 4.84. The summed E-state index contributed by atoms with van der Waals surface area (Å²) in [5.41, 5.74) is 0. The van der Waals surface area contributed by atoms with Crippen LogP contribution in [-0.4, -0.2) is 25.0 Å². The molecule has 2 aliphatic rings. The van der Waals surface area contributed by atoms with Crippen LogP contribution in [-0.2, 0) is 4.79 Å². The summed E-state index contributed by atoms with van der Waals surface area (Å²) in [7, 11) is 0. The van der Waals surface area contributed by atoms with Crippen LogP contribution in [0.3, 0.4) is 0 Å². The molecule has 0 radical (unpaired) electrons. The molecule has 0 spiro atoms. The van der Waals surface area contributed by atoms with Crippen molar-refractivity contribution in [2.45, 2.75) is 57.9 Å². The van der Waals surface area contributed by atoms with Crippen LogP contribution in [0.25, 0.3) is 0 Å². The maximum absolute atomic E-state index is 12.1. The lowest BCUT2D eigenvalue weighted by Crippen LogP contribution is -2.46. The van der Waals surface area contributed by atoms with Gasteiger partial charge in [-0.15, -0.1) is 0 Å². The largest absolute Gasteiger partial charge is 0.353 e. The van der Waals surface area contributed by atoms with Gasteiger partial charge >= 0.3 is 0 Å². The minimum absolute atomic E-state index is 0.204. The second kappa shape index (κ2) is 6.39. The van der Waals surface area contributed by atoms with E-state index in [4.69, 9.17) is 0 Å². The minimum Gasteiger partial charge on any atom is -0.353 e. The molecule has 0 aromatic heterocycles. The van der Waals surface area contributed by atoms with Gasteiger partial charge in [0.2, 0.25) is 5.91 Å². The van der Waals surface area contributed by atoms with Gasteiger partial charge in [0, 0.05) is 12.6 Å². The fourth-order valence-corrected chi connectivity index (χ4v) is 3.17. The maximum Gasteiger partial charge on any atom is 0.224 e. The van der Waals surface area contributed by atoms with Gasteiger partial charge < -0.3 is 10.6 Å².